The molecular weight excluding hydrogens is 146 g/mol. The molecule has 11 heavy (non-hydrogen) atoms. The Morgan fingerprint density at radius 2 is 1.45 bits per heavy atom. The maximum absolute atomic E-state index is 8.11. The third-order valence-corrected chi connectivity index (χ3v) is 0.996. The van der Waals surface area contributed by atoms with E-state index in [9.17, 15) is 0 Å². The lowest BCUT2D eigenvalue weighted by molar-refractivity contribution is 0.312. The summed E-state index contributed by atoms with van der Waals surface area (Å²) in [4.78, 5) is 8.11. The van der Waals surface area contributed by atoms with Crippen molar-refractivity contribution in [3.8, 4) is 0 Å². The van der Waals surface area contributed by atoms with Gasteiger partial charge in [0.1, 0.15) is 0 Å². The van der Waals surface area contributed by atoms with E-state index in [1.165, 1.54) is 5.34 Å². The summed E-state index contributed by atoms with van der Waals surface area (Å²) < 4.78 is 0. The van der Waals surface area contributed by atoms with Gasteiger partial charge in [0.25, 0.3) is 0 Å². The van der Waals surface area contributed by atoms with Gasteiger partial charge in [0.2, 0.25) is 0 Å². The van der Waals surface area contributed by atoms with E-state index in [1.807, 2.05) is 12.1 Å². The smallest absolute Gasteiger partial charge is 0.152 e. The average molecular weight is 155 g/mol. The van der Waals surface area contributed by atoms with Crippen molar-refractivity contribution in [3.63, 3.8) is 0 Å². The predicted octanol–water partition coefficient (Wildman–Crippen LogP) is 0.993. The van der Waals surface area contributed by atoms with Crippen LogP contribution in [0.15, 0.2) is 29.6 Å². The quantitative estimate of drug-likeness (QED) is 0.295. The van der Waals surface area contributed by atoms with E-state index >= 15 is 0 Å². The predicted molar refractivity (Wildman–Crippen MR) is 42.8 cm³/mol. The number of anilines is 2. The topological polar surface area (TPSA) is 102 Å². The lowest BCUT2D eigenvalue weighted by Crippen LogP contribution is -1.91. The molecule has 0 aromatic heterocycles. The summed E-state index contributed by atoms with van der Waals surface area (Å²) in [6.45, 7) is 0. The van der Waals surface area contributed by atoms with Crippen molar-refractivity contribution in [2.45, 2.75) is 0 Å². The summed E-state index contributed by atoms with van der Waals surface area (Å²) in [6.07, 6.45) is 0. The normalized spacial score (nSPS) is 7.64. The first-order valence-electron chi connectivity index (χ1n) is 2.79. The molecular formula is C6H9N3O2. The fourth-order valence-corrected chi connectivity index (χ4v) is 0.511. The molecule has 0 atom stereocenters. The molecule has 5 N–H and O–H groups in total. The number of hydrogen-bond donors (Lipinski definition) is 3. The summed E-state index contributed by atoms with van der Waals surface area (Å²) in [7, 11) is 0. The Hall–Kier alpha value is -1.78. The minimum absolute atomic E-state index is 0.646. The van der Waals surface area contributed by atoms with Crippen LogP contribution in [0.1, 0.15) is 0 Å². The Morgan fingerprint density at radius 3 is 1.64 bits per heavy atom. The Balaban J connectivity index is 0.000000292. The molecule has 0 saturated heterocycles. The Labute approximate surface area is 63.6 Å². The number of nitrogens with zero attached hydrogens (tertiary/aromatic N) is 1. The summed E-state index contributed by atoms with van der Waals surface area (Å²) in [5.41, 5.74) is 12.1. The van der Waals surface area contributed by atoms with Crippen LogP contribution in [0.4, 0.5) is 11.4 Å². The largest absolute Gasteiger partial charge is 0.397 e. The molecule has 0 aliphatic carbocycles. The minimum atomic E-state index is 0.646. The maximum atomic E-state index is 8.11. The molecule has 1 rings (SSSR count). The van der Waals surface area contributed by atoms with Crippen LogP contribution >= 0.6 is 0 Å². The first kappa shape index (κ1) is 9.22. The molecule has 0 aliphatic heterocycles. The molecule has 0 heterocycles. The van der Waals surface area contributed by atoms with Crippen LogP contribution in [-0.2, 0) is 0 Å². The van der Waals surface area contributed by atoms with Crippen molar-refractivity contribution in [2.24, 2.45) is 5.34 Å². The van der Waals surface area contributed by atoms with Crippen LogP contribution < -0.4 is 11.5 Å². The van der Waals surface area contributed by atoms with Gasteiger partial charge in [-0.1, -0.05) is 12.1 Å². The number of hydrogen-bond acceptors (Lipinski definition) is 4. The van der Waals surface area contributed by atoms with Crippen LogP contribution in [-0.4, -0.2) is 5.21 Å². The minimum Gasteiger partial charge on any atom is -0.397 e. The van der Waals surface area contributed by atoms with Gasteiger partial charge in [-0.25, -0.2) is 0 Å². The SMILES string of the molecule is Nc1ccccc1N.O=NO. The van der Waals surface area contributed by atoms with E-state index in [0.717, 1.165) is 0 Å². The van der Waals surface area contributed by atoms with Crippen molar-refractivity contribution in [3.05, 3.63) is 29.2 Å². The van der Waals surface area contributed by atoms with Crippen LogP contribution in [0, 0.1) is 4.91 Å². The van der Waals surface area contributed by atoms with Gasteiger partial charge in [-0.15, -0.1) is 4.91 Å². The summed E-state index contributed by atoms with van der Waals surface area (Å²) in [6, 6.07) is 7.25. The van der Waals surface area contributed by atoms with Gasteiger partial charge >= 0.3 is 0 Å². The molecule has 0 amide bonds. The van der Waals surface area contributed by atoms with Crippen LogP contribution in [0.3, 0.4) is 0 Å². The van der Waals surface area contributed by atoms with Gasteiger partial charge in [0.15, 0.2) is 5.34 Å². The fraction of sp³-hybridized carbons (Fsp3) is 0. The highest BCUT2D eigenvalue weighted by Gasteiger charge is 1.85. The van der Waals surface area contributed by atoms with Crippen molar-refractivity contribution in [2.75, 3.05) is 11.5 Å². The van der Waals surface area contributed by atoms with Gasteiger partial charge in [-0.2, -0.15) is 0 Å². The van der Waals surface area contributed by atoms with E-state index in [1.54, 1.807) is 12.1 Å². The molecule has 0 bridgehead atoms. The second kappa shape index (κ2) is 5.04. The van der Waals surface area contributed by atoms with Gasteiger partial charge in [-0.3, -0.25) is 0 Å². The zero-order valence-corrected chi connectivity index (χ0v) is 5.77. The third kappa shape index (κ3) is 3.74. The molecule has 0 fully saturated rings. The van der Waals surface area contributed by atoms with Crippen LogP contribution in [0.2, 0.25) is 0 Å². The number of nitrogen functional groups attached to an aromatic ring is 2. The highest BCUT2D eigenvalue weighted by Crippen LogP contribution is 2.10. The monoisotopic (exact) mass is 155 g/mol. The van der Waals surface area contributed by atoms with Crippen molar-refractivity contribution < 1.29 is 5.21 Å². The van der Waals surface area contributed by atoms with Gasteiger partial charge in [-0.05, 0) is 12.1 Å². The van der Waals surface area contributed by atoms with E-state index < -0.39 is 0 Å². The molecule has 0 aliphatic rings. The van der Waals surface area contributed by atoms with E-state index in [4.69, 9.17) is 21.6 Å². The Kier molecular flexibility index (Phi) is 4.22. The van der Waals surface area contributed by atoms with Crippen LogP contribution in [0.25, 0.3) is 0 Å². The molecule has 1 aromatic carbocycles. The molecule has 60 valence electrons. The lowest BCUT2D eigenvalue weighted by atomic mass is 10.3. The molecule has 0 spiro atoms. The molecule has 0 radical (unpaired) electrons. The highest BCUT2D eigenvalue weighted by atomic mass is 16.6. The van der Waals surface area contributed by atoms with Crippen molar-refractivity contribution in [1.29, 1.82) is 0 Å². The van der Waals surface area contributed by atoms with Gasteiger partial charge in [0, 0.05) is 0 Å². The zero-order chi connectivity index (χ0) is 8.69. The number of benzene rings is 1. The first-order chi connectivity index (χ1) is 5.22. The Morgan fingerprint density at radius 1 is 1.18 bits per heavy atom. The van der Waals surface area contributed by atoms with E-state index in [2.05, 4.69) is 0 Å². The molecule has 0 saturated carbocycles. The zero-order valence-electron chi connectivity index (χ0n) is 5.77. The van der Waals surface area contributed by atoms with Crippen LogP contribution in [0.5, 0.6) is 0 Å². The van der Waals surface area contributed by atoms with E-state index in [0.29, 0.717) is 11.4 Å². The molecule has 5 nitrogen and oxygen atoms in total. The number of rotatable bonds is 0. The second-order valence-electron chi connectivity index (χ2n) is 1.71. The molecule has 1 aromatic rings. The molecule has 5 heteroatoms. The number of para-hydroxylation sites is 2. The first-order valence-corrected chi connectivity index (χ1v) is 2.79. The lowest BCUT2D eigenvalue weighted by Gasteiger charge is -1.94. The molecule has 0 unspecified atom stereocenters. The number of nitrogens with two attached hydrogens (primary N) is 2. The van der Waals surface area contributed by atoms with E-state index in [-0.39, 0.29) is 0 Å². The summed E-state index contributed by atoms with van der Waals surface area (Å²) in [5, 5.41) is 7.89. The summed E-state index contributed by atoms with van der Waals surface area (Å²) >= 11 is 0. The second-order valence-corrected chi connectivity index (χ2v) is 1.71. The highest BCUT2D eigenvalue weighted by molar-refractivity contribution is 5.62. The standard InChI is InChI=1S/C6H8N2.HNO2/c7-5-3-1-2-4-6(5)8;2-1-3/h1-4H,7-8H2;(H,2,3). The van der Waals surface area contributed by atoms with Crippen molar-refractivity contribution in [1.82, 2.24) is 0 Å². The maximum Gasteiger partial charge on any atom is 0.152 e. The summed E-state index contributed by atoms with van der Waals surface area (Å²) in [5.74, 6) is 0. The van der Waals surface area contributed by atoms with Crippen molar-refractivity contribution >= 4 is 11.4 Å². The average Bonchev–Trinajstić information content (AvgIpc) is 1.97. The fourth-order valence-electron chi connectivity index (χ4n) is 0.511. The van der Waals surface area contributed by atoms with Gasteiger partial charge < -0.3 is 16.7 Å². The third-order valence-electron chi connectivity index (χ3n) is 0.996. The Bertz CT molecular complexity index is 206. The van der Waals surface area contributed by atoms with Gasteiger partial charge in [0.05, 0.1) is 11.4 Å².